The van der Waals surface area contributed by atoms with Crippen molar-refractivity contribution in [1.29, 1.82) is 0 Å². The first-order valence-corrected chi connectivity index (χ1v) is 15.2. The van der Waals surface area contributed by atoms with E-state index >= 15 is 0 Å². The van der Waals surface area contributed by atoms with Crippen molar-refractivity contribution in [3.8, 4) is 17.2 Å². The van der Waals surface area contributed by atoms with Gasteiger partial charge in [0, 0.05) is 22.5 Å². The second kappa shape index (κ2) is 11.1. The van der Waals surface area contributed by atoms with Crippen LogP contribution in [0.2, 0.25) is 0 Å². The zero-order chi connectivity index (χ0) is 28.8. The molecule has 0 N–H and O–H groups in total. The second-order valence-electron chi connectivity index (χ2n) is 9.63. The molecule has 0 unspecified atom stereocenters. The third-order valence-electron chi connectivity index (χ3n) is 7.17. The van der Waals surface area contributed by atoms with E-state index in [1.165, 1.54) is 23.8 Å². The predicted molar refractivity (Wildman–Crippen MR) is 165 cm³/mol. The Kier molecular flexibility index (Phi) is 7.48. The van der Waals surface area contributed by atoms with Crippen LogP contribution in [0.3, 0.4) is 0 Å². The summed E-state index contributed by atoms with van der Waals surface area (Å²) in [7, 11) is 3.20. The normalized spacial score (nSPS) is 15.9. The number of nitrogens with zero attached hydrogens (tertiary/aromatic N) is 2. The quantitative estimate of drug-likeness (QED) is 0.195. The van der Waals surface area contributed by atoms with Gasteiger partial charge in [-0.05, 0) is 75.8 Å². The van der Waals surface area contributed by atoms with E-state index in [9.17, 15) is 9.59 Å². The second-order valence-corrected chi connectivity index (χ2v) is 12.4. The van der Waals surface area contributed by atoms with Crippen molar-refractivity contribution in [2.24, 2.45) is 4.99 Å². The van der Waals surface area contributed by atoms with Crippen molar-refractivity contribution < 1.29 is 19.0 Å². The van der Waals surface area contributed by atoms with E-state index in [0.717, 1.165) is 39.7 Å². The number of halogens is 2. The molecule has 7 nitrogen and oxygen atoms in total. The maximum absolute atomic E-state index is 14.2. The number of hydrogen-bond acceptors (Lipinski definition) is 7. The lowest BCUT2D eigenvalue weighted by Crippen LogP contribution is -2.38. The van der Waals surface area contributed by atoms with E-state index in [2.05, 4.69) is 44.0 Å². The van der Waals surface area contributed by atoms with E-state index in [0.29, 0.717) is 36.6 Å². The van der Waals surface area contributed by atoms with Crippen molar-refractivity contribution in [3.63, 3.8) is 0 Å². The van der Waals surface area contributed by atoms with Crippen molar-refractivity contribution in [3.05, 3.63) is 111 Å². The summed E-state index contributed by atoms with van der Waals surface area (Å²) in [5, 5.41) is 0. The zero-order valence-corrected chi connectivity index (χ0v) is 26.4. The molecule has 0 radical (unpaired) electrons. The van der Waals surface area contributed by atoms with Crippen LogP contribution in [-0.2, 0) is 11.2 Å². The van der Waals surface area contributed by atoms with Gasteiger partial charge in [0.2, 0.25) is 0 Å². The predicted octanol–water partition coefficient (Wildman–Crippen LogP) is 5.79. The van der Waals surface area contributed by atoms with Crippen molar-refractivity contribution in [2.75, 3.05) is 14.2 Å². The Morgan fingerprint density at radius 2 is 1.83 bits per heavy atom. The van der Waals surface area contributed by atoms with Gasteiger partial charge in [-0.2, -0.15) is 0 Å². The Morgan fingerprint density at radius 1 is 1.05 bits per heavy atom. The Balaban J connectivity index is 1.62. The van der Waals surface area contributed by atoms with Crippen LogP contribution in [0.1, 0.15) is 41.6 Å². The molecular formula is C31H24Br2N2O5S. The summed E-state index contributed by atoms with van der Waals surface area (Å²) in [6.07, 6.45) is 3.38. The summed E-state index contributed by atoms with van der Waals surface area (Å²) in [5.41, 5.74) is 5.64. The van der Waals surface area contributed by atoms with Gasteiger partial charge < -0.3 is 14.2 Å². The van der Waals surface area contributed by atoms with Crippen LogP contribution in [0, 0.1) is 0 Å². The standard InChI is InChI=1S/C31H24Br2N2O5S/c1-16(36)40-29-19(12-20(32)15-23(29)33)14-26-30(37)35-28(18-9-11-24(38-2)25(13-18)39-3)22-10-8-17-6-4-5-7-21(17)27(22)34-31(35)41-26/h4-7,9,11-15,28H,8,10H2,1-3H3/b26-14+/t28-/m1/s1. The van der Waals surface area contributed by atoms with E-state index in [1.807, 2.05) is 36.4 Å². The number of fused-ring (bicyclic) bond motifs is 3. The fraction of sp³-hybridized carbons (Fsp3) is 0.194. The van der Waals surface area contributed by atoms with Crippen LogP contribution in [-0.4, -0.2) is 24.8 Å². The molecule has 1 aliphatic carbocycles. The maximum Gasteiger partial charge on any atom is 0.308 e. The van der Waals surface area contributed by atoms with Crippen LogP contribution in [0.25, 0.3) is 11.8 Å². The first kappa shape index (κ1) is 27.7. The first-order chi connectivity index (χ1) is 19.8. The fourth-order valence-corrected chi connectivity index (χ4v) is 7.76. The molecule has 1 aromatic heterocycles. The van der Waals surface area contributed by atoms with Crippen LogP contribution in [0.5, 0.6) is 17.2 Å². The molecule has 4 aromatic rings. The summed E-state index contributed by atoms with van der Waals surface area (Å²) in [6.45, 7) is 1.34. The van der Waals surface area contributed by atoms with Crippen LogP contribution in [0.4, 0.5) is 0 Å². The maximum atomic E-state index is 14.2. The van der Waals surface area contributed by atoms with Gasteiger partial charge in [0.1, 0.15) is 0 Å². The highest BCUT2D eigenvalue weighted by atomic mass is 79.9. The van der Waals surface area contributed by atoms with Gasteiger partial charge in [-0.1, -0.05) is 57.6 Å². The number of aryl methyl sites for hydroxylation is 1. The molecule has 0 amide bonds. The van der Waals surface area contributed by atoms with Crippen molar-refractivity contribution in [1.82, 2.24) is 4.57 Å². The lowest BCUT2D eigenvalue weighted by Gasteiger charge is -2.31. The number of aromatic nitrogens is 1. The van der Waals surface area contributed by atoms with Gasteiger partial charge in [-0.25, -0.2) is 4.99 Å². The van der Waals surface area contributed by atoms with Gasteiger partial charge in [0.05, 0.1) is 35.0 Å². The van der Waals surface area contributed by atoms with Crippen molar-refractivity contribution in [2.45, 2.75) is 25.8 Å². The average molecular weight is 696 g/mol. The average Bonchev–Trinajstić information content (AvgIpc) is 3.27. The smallest absolute Gasteiger partial charge is 0.308 e. The third kappa shape index (κ3) is 4.98. The highest BCUT2D eigenvalue weighted by molar-refractivity contribution is 9.11. The molecule has 0 saturated heterocycles. The Labute approximate surface area is 256 Å². The summed E-state index contributed by atoms with van der Waals surface area (Å²) in [6, 6.07) is 17.3. The molecule has 0 bridgehead atoms. The highest BCUT2D eigenvalue weighted by Gasteiger charge is 2.33. The molecule has 1 atom stereocenters. The van der Waals surface area contributed by atoms with E-state index < -0.39 is 5.97 Å². The first-order valence-electron chi connectivity index (χ1n) is 12.8. The van der Waals surface area contributed by atoms with E-state index in [1.54, 1.807) is 30.9 Å². The van der Waals surface area contributed by atoms with Gasteiger partial charge in [0.15, 0.2) is 22.0 Å². The van der Waals surface area contributed by atoms with Crippen LogP contribution < -0.4 is 29.1 Å². The number of benzene rings is 3. The molecule has 2 aliphatic rings. The zero-order valence-electron chi connectivity index (χ0n) is 22.4. The molecule has 208 valence electrons. The van der Waals surface area contributed by atoms with Crippen LogP contribution in [0.15, 0.2) is 78.9 Å². The number of carbonyl (C=O) groups excluding carboxylic acids is 1. The number of ether oxygens (including phenoxy) is 3. The van der Waals surface area contributed by atoms with E-state index in [-0.39, 0.29) is 11.6 Å². The summed E-state index contributed by atoms with van der Waals surface area (Å²) >= 11 is 8.30. The largest absolute Gasteiger partial charge is 0.493 e. The van der Waals surface area contributed by atoms with Gasteiger partial charge in [-0.15, -0.1) is 0 Å². The van der Waals surface area contributed by atoms with Gasteiger partial charge >= 0.3 is 5.97 Å². The lowest BCUT2D eigenvalue weighted by atomic mass is 9.83. The molecule has 2 heterocycles. The monoisotopic (exact) mass is 694 g/mol. The molecule has 0 fully saturated rings. The third-order valence-corrected chi connectivity index (χ3v) is 9.20. The topological polar surface area (TPSA) is 79.1 Å². The summed E-state index contributed by atoms with van der Waals surface area (Å²) in [4.78, 5) is 31.7. The van der Waals surface area contributed by atoms with Gasteiger partial charge in [-0.3, -0.25) is 14.2 Å². The van der Waals surface area contributed by atoms with E-state index in [4.69, 9.17) is 19.2 Å². The Bertz CT molecular complexity index is 1940. The molecule has 0 spiro atoms. The lowest BCUT2D eigenvalue weighted by molar-refractivity contribution is -0.131. The molecule has 10 heteroatoms. The van der Waals surface area contributed by atoms with Crippen molar-refractivity contribution >= 4 is 60.9 Å². The number of thiazole rings is 1. The molecule has 41 heavy (non-hydrogen) atoms. The molecule has 1 aliphatic heterocycles. The minimum absolute atomic E-state index is 0.177. The molecule has 3 aromatic carbocycles. The molecule has 0 saturated carbocycles. The van der Waals surface area contributed by atoms with Gasteiger partial charge in [0.25, 0.3) is 5.56 Å². The number of carbonyl (C=O) groups is 1. The summed E-state index contributed by atoms with van der Waals surface area (Å²) in [5.74, 6) is 1.10. The number of rotatable bonds is 5. The number of methoxy groups -OCH3 is 2. The summed E-state index contributed by atoms with van der Waals surface area (Å²) < 4.78 is 20.2. The Hall–Kier alpha value is -3.47. The molecular weight excluding hydrogens is 672 g/mol. The fourth-order valence-electron chi connectivity index (χ4n) is 5.43. The minimum Gasteiger partial charge on any atom is -0.493 e. The number of allylic oxidation sites excluding steroid dienone is 1. The number of esters is 1. The molecule has 6 rings (SSSR count). The highest BCUT2D eigenvalue weighted by Crippen LogP contribution is 2.43. The Morgan fingerprint density at radius 3 is 2.59 bits per heavy atom. The number of hydrogen-bond donors (Lipinski definition) is 0. The van der Waals surface area contributed by atoms with Crippen LogP contribution >= 0.6 is 43.2 Å². The SMILES string of the molecule is COc1ccc([C@@H]2C3=C(N=c4s/c(=C/c5cc(Br)cc(Br)c5OC(C)=O)c(=O)n42)c2ccccc2CC3)cc1OC. The minimum atomic E-state index is -0.455.